The predicted molar refractivity (Wildman–Crippen MR) is 97.4 cm³/mol. The molecule has 0 fully saturated rings. The van der Waals surface area contributed by atoms with E-state index in [4.69, 9.17) is 0 Å². The molecule has 10 heteroatoms. The first-order valence-corrected chi connectivity index (χ1v) is 8.26. The van der Waals surface area contributed by atoms with Crippen LogP contribution in [-0.4, -0.2) is 47.9 Å². The number of nitrogens with one attached hydrogen (secondary N) is 2. The van der Waals surface area contributed by atoms with Gasteiger partial charge in [0, 0.05) is 24.4 Å². The summed E-state index contributed by atoms with van der Waals surface area (Å²) in [5.74, 6) is -2.84. The van der Waals surface area contributed by atoms with Crippen LogP contribution in [0.3, 0.4) is 0 Å². The van der Waals surface area contributed by atoms with E-state index >= 15 is 0 Å². The zero-order valence-corrected chi connectivity index (χ0v) is 14.8. The fourth-order valence-electron chi connectivity index (χ4n) is 2.60. The molecule has 0 saturated heterocycles. The first kappa shape index (κ1) is 18.8. The molecule has 144 valence electrons. The summed E-state index contributed by atoms with van der Waals surface area (Å²) in [7, 11) is 0. The molecule has 0 bridgehead atoms. The van der Waals surface area contributed by atoms with Gasteiger partial charge in [-0.25, -0.2) is 9.78 Å². The maximum absolute atomic E-state index is 12.5. The number of aliphatic carboxylic acids is 1. The number of aromatic nitrogens is 4. The van der Waals surface area contributed by atoms with E-state index < -0.39 is 34.9 Å². The van der Waals surface area contributed by atoms with Crippen LogP contribution in [-0.2, 0) is 11.2 Å². The second kappa shape index (κ2) is 7.74. The molecule has 3 rings (SSSR count). The quantitative estimate of drug-likeness (QED) is 0.481. The van der Waals surface area contributed by atoms with Gasteiger partial charge in [0.15, 0.2) is 11.4 Å². The van der Waals surface area contributed by atoms with Gasteiger partial charge in [0.05, 0.1) is 12.0 Å². The zero-order valence-electron chi connectivity index (χ0n) is 14.8. The number of aromatic amines is 1. The van der Waals surface area contributed by atoms with Crippen LogP contribution in [0.2, 0.25) is 0 Å². The molecule has 1 unspecified atom stereocenters. The Kier molecular flexibility index (Phi) is 5.21. The van der Waals surface area contributed by atoms with Crippen molar-refractivity contribution in [2.24, 2.45) is 0 Å². The highest BCUT2D eigenvalue weighted by atomic mass is 16.4. The minimum absolute atomic E-state index is 0.0423. The Labute approximate surface area is 158 Å². The standard InChI is InChI=1S/C18H17N5O5/c1-10-3-2-4-12(5-10)23-15(25)7-14(24)16(22-23)17(26)21-13(18(27)28)6-11-8-19-9-20-11/h2-5,7-9,13,24H,6H2,1H3,(H,19,20)(H,21,26)(H,27,28). The molecule has 1 atom stereocenters. The summed E-state index contributed by atoms with van der Waals surface area (Å²) in [6.45, 7) is 1.83. The molecule has 2 heterocycles. The number of hydrogen-bond acceptors (Lipinski definition) is 6. The van der Waals surface area contributed by atoms with Gasteiger partial charge in [-0.1, -0.05) is 12.1 Å². The topological polar surface area (TPSA) is 150 Å². The van der Waals surface area contributed by atoms with E-state index in [1.54, 1.807) is 18.2 Å². The lowest BCUT2D eigenvalue weighted by Gasteiger charge is -2.14. The molecule has 0 spiro atoms. The van der Waals surface area contributed by atoms with Crippen molar-refractivity contribution in [3.05, 3.63) is 70.2 Å². The number of rotatable bonds is 6. The summed E-state index contributed by atoms with van der Waals surface area (Å²) in [6, 6.07) is 6.43. The third kappa shape index (κ3) is 4.06. The molecule has 2 aromatic heterocycles. The van der Waals surface area contributed by atoms with Crippen LogP contribution in [0.5, 0.6) is 5.75 Å². The largest absolute Gasteiger partial charge is 0.505 e. The number of aromatic hydroxyl groups is 1. The van der Waals surface area contributed by atoms with E-state index in [2.05, 4.69) is 20.4 Å². The highest BCUT2D eigenvalue weighted by molar-refractivity contribution is 5.97. The molecule has 28 heavy (non-hydrogen) atoms. The molecule has 0 aliphatic heterocycles. The number of carbonyl (C=O) groups is 2. The van der Waals surface area contributed by atoms with Gasteiger partial charge < -0.3 is 20.5 Å². The normalized spacial score (nSPS) is 11.8. The van der Waals surface area contributed by atoms with E-state index in [-0.39, 0.29) is 6.42 Å². The average Bonchev–Trinajstić information content (AvgIpc) is 3.14. The second-order valence-electron chi connectivity index (χ2n) is 6.11. The fourth-order valence-corrected chi connectivity index (χ4v) is 2.60. The number of H-pyrrole nitrogens is 1. The Hall–Kier alpha value is -3.95. The SMILES string of the molecule is Cc1cccc(-n2nc(C(=O)NC(Cc3cnc[nH]3)C(=O)O)c(O)cc2=O)c1. The molecule has 1 amide bonds. The lowest BCUT2D eigenvalue weighted by atomic mass is 10.1. The second-order valence-corrected chi connectivity index (χ2v) is 6.11. The Bertz CT molecular complexity index is 1070. The van der Waals surface area contributed by atoms with E-state index in [0.29, 0.717) is 11.4 Å². The van der Waals surface area contributed by atoms with Gasteiger partial charge in [-0.3, -0.25) is 9.59 Å². The van der Waals surface area contributed by atoms with Gasteiger partial charge in [-0.15, -0.1) is 0 Å². The third-order valence-corrected chi connectivity index (χ3v) is 3.96. The van der Waals surface area contributed by atoms with Crippen LogP contribution in [0.1, 0.15) is 21.7 Å². The van der Waals surface area contributed by atoms with Gasteiger partial charge in [0.25, 0.3) is 11.5 Å². The van der Waals surface area contributed by atoms with Crippen molar-refractivity contribution < 1.29 is 19.8 Å². The Morgan fingerprint density at radius 1 is 1.32 bits per heavy atom. The molecule has 0 aliphatic carbocycles. The Morgan fingerprint density at radius 2 is 2.11 bits per heavy atom. The number of aryl methyl sites for hydroxylation is 1. The first-order chi connectivity index (χ1) is 13.3. The maximum atomic E-state index is 12.5. The fraction of sp³-hybridized carbons (Fsp3) is 0.167. The number of hydrogen-bond donors (Lipinski definition) is 4. The third-order valence-electron chi connectivity index (χ3n) is 3.96. The molecule has 0 saturated carbocycles. The maximum Gasteiger partial charge on any atom is 0.326 e. The zero-order chi connectivity index (χ0) is 20.3. The lowest BCUT2D eigenvalue weighted by molar-refractivity contribution is -0.139. The predicted octanol–water partition coefficient (Wildman–Crippen LogP) is 0.395. The Morgan fingerprint density at radius 3 is 2.75 bits per heavy atom. The summed E-state index contributed by atoms with van der Waals surface area (Å²) in [5.41, 5.74) is 0.695. The highest BCUT2D eigenvalue weighted by Gasteiger charge is 2.25. The smallest absolute Gasteiger partial charge is 0.326 e. The number of benzene rings is 1. The monoisotopic (exact) mass is 383 g/mol. The number of carboxylic acid groups (broad SMARTS) is 1. The van der Waals surface area contributed by atoms with Crippen LogP contribution in [0.4, 0.5) is 0 Å². The summed E-state index contributed by atoms with van der Waals surface area (Å²) < 4.78 is 0.965. The molecular formula is C18H17N5O5. The number of amides is 1. The van der Waals surface area contributed by atoms with Gasteiger partial charge in [-0.2, -0.15) is 9.78 Å². The molecular weight excluding hydrogens is 366 g/mol. The van der Waals surface area contributed by atoms with Gasteiger partial charge in [0.2, 0.25) is 0 Å². The summed E-state index contributed by atoms with van der Waals surface area (Å²) in [5, 5.41) is 25.6. The minimum Gasteiger partial charge on any atom is -0.505 e. The van der Waals surface area contributed by atoms with E-state index in [9.17, 15) is 24.6 Å². The van der Waals surface area contributed by atoms with Crippen LogP contribution in [0.15, 0.2) is 47.7 Å². The minimum atomic E-state index is -1.28. The summed E-state index contributed by atoms with van der Waals surface area (Å²) >= 11 is 0. The van der Waals surface area contributed by atoms with Gasteiger partial charge in [0.1, 0.15) is 6.04 Å². The van der Waals surface area contributed by atoms with Crippen LogP contribution in [0, 0.1) is 6.92 Å². The van der Waals surface area contributed by atoms with E-state index in [0.717, 1.165) is 16.3 Å². The molecule has 3 aromatic rings. The van der Waals surface area contributed by atoms with Crippen LogP contribution < -0.4 is 10.9 Å². The molecule has 0 radical (unpaired) electrons. The molecule has 10 nitrogen and oxygen atoms in total. The van der Waals surface area contributed by atoms with E-state index in [1.807, 2.05) is 13.0 Å². The van der Waals surface area contributed by atoms with Crippen molar-refractivity contribution in [2.75, 3.05) is 0 Å². The summed E-state index contributed by atoms with van der Waals surface area (Å²) in [4.78, 5) is 42.7. The Balaban J connectivity index is 1.91. The number of carbonyl (C=O) groups excluding carboxylic acids is 1. The number of carboxylic acids is 1. The average molecular weight is 383 g/mol. The lowest BCUT2D eigenvalue weighted by Crippen LogP contribution is -2.43. The van der Waals surface area contributed by atoms with Crippen molar-refractivity contribution in [3.8, 4) is 11.4 Å². The molecule has 0 aliphatic rings. The van der Waals surface area contributed by atoms with Crippen molar-refractivity contribution >= 4 is 11.9 Å². The molecule has 4 N–H and O–H groups in total. The van der Waals surface area contributed by atoms with Crippen LogP contribution in [0.25, 0.3) is 5.69 Å². The van der Waals surface area contributed by atoms with Gasteiger partial charge >= 0.3 is 5.97 Å². The van der Waals surface area contributed by atoms with Crippen molar-refractivity contribution in [2.45, 2.75) is 19.4 Å². The number of nitrogens with zero attached hydrogens (tertiary/aromatic N) is 3. The first-order valence-electron chi connectivity index (χ1n) is 8.26. The molecule has 1 aromatic carbocycles. The van der Waals surface area contributed by atoms with Crippen molar-refractivity contribution in [1.29, 1.82) is 0 Å². The number of imidazole rings is 1. The highest BCUT2D eigenvalue weighted by Crippen LogP contribution is 2.14. The van der Waals surface area contributed by atoms with E-state index in [1.165, 1.54) is 12.5 Å². The van der Waals surface area contributed by atoms with Crippen molar-refractivity contribution in [3.63, 3.8) is 0 Å². The van der Waals surface area contributed by atoms with Crippen LogP contribution >= 0.6 is 0 Å². The van der Waals surface area contributed by atoms with Gasteiger partial charge in [-0.05, 0) is 24.6 Å². The van der Waals surface area contributed by atoms with Crippen molar-refractivity contribution in [1.82, 2.24) is 25.1 Å². The summed E-state index contributed by atoms with van der Waals surface area (Å²) in [6.07, 6.45) is 2.79.